The Labute approximate surface area is 119 Å². The molecule has 0 saturated carbocycles. The first kappa shape index (κ1) is 18.4. The van der Waals surface area contributed by atoms with Crippen LogP contribution < -0.4 is 11.1 Å². The number of primary amides is 1. The minimum atomic E-state index is -0.587. The summed E-state index contributed by atoms with van der Waals surface area (Å²) >= 11 is 0. The van der Waals surface area contributed by atoms with Crippen molar-refractivity contribution in [3.8, 4) is 0 Å². The van der Waals surface area contributed by atoms with Gasteiger partial charge in [-0.05, 0) is 32.4 Å². The summed E-state index contributed by atoms with van der Waals surface area (Å²) in [6, 6.07) is 0. The van der Waals surface area contributed by atoms with E-state index in [1.54, 1.807) is 0 Å². The molecule has 1 unspecified atom stereocenters. The van der Waals surface area contributed by atoms with Crippen LogP contribution in [0.1, 0.15) is 53.9 Å². The van der Waals surface area contributed by atoms with Gasteiger partial charge in [0.2, 0.25) is 5.91 Å². The van der Waals surface area contributed by atoms with Crippen molar-refractivity contribution in [1.82, 2.24) is 10.2 Å². The molecule has 0 aliphatic rings. The van der Waals surface area contributed by atoms with E-state index in [2.05, 4.69) is 31.0 Å². The molecule has 0 heterocycles. The van der Waals surface area contributed by atoms with Crippen LogP contribution in [0.2, 0.25) is 0 Å². The Hall–Kier alpha value is -0.610. The van der Waals surface area contributed by atoms with Crippen molar-refractivity contribution in [2.24, 2.45) is 11.7 Å². The van der Waals surface area contributed by atoms with E-state index < -0.39 is 5.54 Å². The minimum Gasteiger partial charge on any atom is -0.368 e. The molecule has 0 aliphatic heterocycles. The minimum absolute atomic E-state index is 0.257. The third-order valence-corrected chi connectivity index (χ3v) is 4.16. The molecule has 0 saturated heterocycles. The third kappa shape index (κ3) is 6.39. The van der Waals surface area contributed by atoms with Gasteiger partial charge in [0.15, 0.2) is 0 Å². The van der Waals surface area contributed by atoms with E-state index in [9.17, 15) is 4.79 Å². The first-order chi connectivity index (χ1) is 8.93. The van der Waals surface area contributed by atoms with E-state index in [-0.39, 0.29) is 5.91 Å². The lowest BCUT2D eigenvalue weighted by Gasteiger charge is -2.31. The summed E-state index contributed by atoms with van der Waals surface area (Å²) < 4.78 is 0. The van der Waals surface area contributed by atoms with Gasteiger partial charge in [0.1, 0.15) is 0 Å². The second-order valence-corrected chi connectivity index (χ2v) is 5.55. The van der Waals surface area contributed by atoms with Crippen molar-refractivity contribution in [1.29, 1.82) is 0 Å². The highest BCUT2D eigenvalue weighted by Crippen LogP contribution is 2.14. The molecule has 0 fully saturated rings. The number of carbonyl (C=O) groups is 1. The molecule has 1 amide bonds. The molecule has 4 heteroatoms. The molecule has 0 bridgehead atoms. The SMILES string of the molecule is CCNC(C)(CCN(CC)CC(CC)CC)C(N)=O. The molecular weight excluding hydrogens is 238 g/mol. The fraction of sp³-hybridized carbons (Fsp3) is 0.933. The number of carbonyl (C=O) groups excluding carboxylic acids is 1. The topological polar surface area (TPSA) is 58.4 Å². The summed E-state index contributed by atoms with van der Waals surface area (Å²) in [5, 5.41) is 3.22. The van der Waals surface area contributed by atoms with Crippen molar-refractivity contribution in [2.45, 2.75) is 59.4 Å². The molecule has 19 heavy (non-hydrogen) atoms. The summed E-state index contributed by atoms with van der Waals surface area (Å²) in [5.74, 6) is 0.492. The predicted molar refractivity (Wildman–Crippen MR) is 82.1 cm³/mol. The Bertz CT molecular complexity index is 254. The lowest BCUT2D eigenvalue weighted by atomic mass is 9.95. The lowest BCUT2D eigenvalue weighted by molar-refractivity contribution is -0.124. The van der Waals surface area contributed by atoms with Crippen molar-refractivity contribution < 1.29 is 4.79 Å². The smallest absolute Gasteiger partial charge is 0.237 e. The zero-order valence-electron chi connectivity index (χ0n) is 13.5. The maximum Gasteiger partial charge on any atom is 0.237 e. The molecule has 1 atom stereocenters. The van der Waals surface area contributed by atoms with Crippen LogP contribution in [-0.2, 0) is 4.79 Å². The number of likely N-dealkylation sites (N-methyl/N-ethyl adjacent to an activating group) is 1. The molecule has 0 aliphatic carbocycles. The molecule has 4 nitrogen and oxygen atoms in total. The van der Waals surface area contributed by atoms with Crippen LogP contribution in [0.15, 0.2) is 0 Å². The van der Waals surface area contributed by atoms with Gasteiger partial charge in [-0.3, -0.25) is 4.79 Å². The fourth-order valence-electron chi connectivity index (χ4n) is 2.36. The van der Waals surface area contributed by atoms with Gasteiger partial charge in [0.05, 0.1) is 5.54 Å². The second kappa shape index (κ2) is 9.32. The Morgan fingerprint density at radius 3 is 2.21 bits per heavy atom. The molecule has 0 aromatic rings. The molecule has 0 radical (unpaired) electrons. The number of amides is 1. The van der Waals surface area contributed by atoms with E-state index >= 15 is 0 Å². The zero-order valence-corrected chi connectivity index (χ0v) is 13.5. The van der Waals surface area contributed by atoms with Crippen LogP contribution in [0.25, 0.3) is 0 Å². The van der Waals surface area contributed by atoms with E-state index in [0.717, 1.165) is 38.5 Å². The van der Waals surface area contributed by atoms with Crippen LogP contribution in [0.4, 0.5) is 0 Å². The Morgan fingerprint density at radius 1 is 1.26 bits per heavy atom. The molecule has 0 spiro atoms. The van der Waals surface area contributed by atoms with Crippen LogP contribution >= 0.6 is 0 Å². The number of nitrogens with one attached hydrogen (secondary N) is 1. The van der Waals surface area contributed by atoms with Gasteiger partial charge in [-0.25, -0.2) is 0 Å². The average molecular weight is 271 g/mol. The first-order valence-electron chi connectivity index (χ1n) is 7.70. The summed E-state index contributed by atoms with van der Waals surface area (Å²) in [7, 11) is 0. The lowest BCUT2D eigenvalue weighted by Crippen LogP contribution is -2.54. The maximum absolute atomic E-state index is 11.6. The average Bonchev–Trinajstić information content (AvgIpc) is 2.39. The van der Waals surface area contributed by atoms with Crippen molar-refractivity contribution in [2.75, 3.05) is 26.2 Å². The number of nitrogens with two attached hydrogens (primary N) is 1. The quantitative estimate of drug-likeness (QED) is 0.604. The van der Waals surface area contributed by atoms with Gasteiger partial charge in [-0.2, -0.15) is 0 Å². The molecule has 0 aromatic heterocycles. The standard InChI is InChI=1S/C15H33N3O/c1-6-13(7-2)12-18(9-4)11-10-15(5,14(16)19)17-8-3/h13,17H,6-12H2,1-5H3,(H2,16,19). The highest BCUT2D eigenvalue weighted by Gasteiger charge is 2.30. The number of hydrogen-bond donors (Lipinski definition) is 2. The van der Waals surface area contributed by atoms with Gasteiger partial charge in [-0.15, -0.1) is 0 Å². The summed E-state index contributed by atoms with van der Waals surface area (Å²) in [6.07, 6.45) is 3.20. The normalized spacial score (nSPS) is 14.9. The maximum atomic E-state index is 11.6. The van der Waals surface area contributed by atoms with Crippen LogP contribution in [0, 0.1) is 5.92 Å². The molecule has 0 rings (SSSR count). The third-order valence-electron chi connectivity index (χ3n) is 4.16. The zero-order chi connectivity index (χ0) is 14.9. The number of rotatable bonds is 11. The number of nitrogens with zero attached hydrogens (tertiary/aromatic N) is 1. The van der Waals surface area contributed by atoms with Crippen LogP contribution in [0.5, 0.6) is 0 Å². The van der Waals surface area contributed by atoms with E-state index in [0.29, 0.717) is 0 Å². The van der Waals surface area contributed by atoms with Gasteiger partial charge < -0.3 is 16.0 Å². The largest absolute Gasteiger partial charge is 0.368 e. The van der Waals surface area contributed by atoms with E-state index in [1.807, 2.05) is 13.8 Å². The van der Waals surface area contributed by atoms with E-state index in [4.69, 9.17) is 5.73 Å². The van der Waals surface area contributed by atoms with Crippen LogP contribution in [-0.4, -0.2) is 42.5 Å². The first-order valence-corrected chi connectivity index (χ1v) is 7.70. The van der Waals surface area contributed by atoms with Gasteiger partial charge in [0.25, 0.3) is 0 Å². The fourth-order valence-corrected chi connectivity index (χ4v) is 2.36. The monoisotopic (exact) mass is 271 g/mol. The second-order valence-electron chi connectivity index (χ2n) is 5.55. The highest BCUT2D eigenvalue weighted by molar-refractivity contribution is 5.84. The Balaban J connectivity index is 4.42. The Kier molecular flexibility index (Phi) is 9.02. The Morgan fingerprint density at radius 2 is 1.84 bits per heavy atom. The number of hydrogen-bond acceptors (Lipinski definition) is 3. The summed E-state index contributed by atoms with van der Waals surface area (Å²) in [4.78, 5) is 14.0. The van der Waals surface area contributed by atoms with Gasteiger partial charge >= 0.3 is 0 Å². The van der Waals surface area contributed by atoms with Gasteiger partial charge in [0, 0.05) is 13.1 Å². The summed E-state index contributed by atoms with van der Waals surface area (Å²) in [6.45, 7) is 14.4. The van der Waals surface area contributed by atoms with Crippen molar-refractivity contribution in [3.63, 3.8) is 0 Å². The predicted octanol–water partition coefficient (Wildman–Crippen LogP) is 1.99. The molecular formula is C15H33N3O. The molecule has 0 aromatic carbocycles. The molecule has 3 N–H and O–H groups in total. The molecule has 114 valence electrons. The van der Waals surface area contributed by atoms with E-state index in [1.165, 1.54) is 12.8 Å². The van der Waals surface area contributed by atoms with Gasteiger partial charge in [-0.1, -0.05) is 40.5 Å². The van der Waals surface area contributed by atoms with Crippen molar-refractivity contribution >= 4 is 5.91 Å². The van der Waals surface area contributed by atoms with Crippen molar-refractivity contribution in [3.05, 3.63) is 0 Å². The summed E-state index contributed by atoms with van der Waals surface area (Å²) in [5.41, 5.74) is 4.93. The van der Waals surface area contributed by atoms with Crippen LogP contribution in [0.3, 0.4) is 0 Å². The highest BCUT2D eigenvalue weighted by atomic mass is 16.1.